The van der Waals surface area contributed by atoms with Gasteiger partial charge < -0.3 is 20.8 Å². The first-order valence-corrected chi connectivity index (χ1v) is 7.09. The van der Waals surface area contributed by atoms with Gasteiger partial charge in [0.15, 0.2) is 5.75 Å². The normalized spacial score (nSPS) is 17.0. The number of amides is 1. The molecule has 21 heavy (non-hydrogen) atoms. The fraction of sp³-hybridized carbons (Fsp3) is 0.533. The number of carbonyl (C=O) groups excluding carboxylic acids is 1. The maximum absolute atomic E-state index is 12.4. The van der Waals surface area contributed by atoms with E-state index in [-0.39, 0.29) is 22.9 Å². The number of carbonyl (C=O) groups is 1. The molecule has 1 aromatic rings. The van der Waals surface area contributed by atoms with Crippen LogP contribution in [0.15, 0.2) is 18.2 Å². The number of nitrogens with two attached hydrogens (primary N) is 1. The summed E-state index contributed by atoms with van der Waals surface area (Å²) in [5, 5.41) is 19.7. The minimum absolute atomic E-state index is 0.151. The molecule has 1 aliphatic rings. The van der Waals surface area contributed by atoms with Gasteiger partial charge in [-0.2, -0.15) is 0 Å². The van der Waals surface area contributed by atoms with E-state index in [9.17, 15) is 15.0 Å². The molecule has 0 bridgehead atoms. The van der Waals surface area contributed by atoms with E-state index in [1.807, 2.05) is 0 Å². The molecule has 1 fully saturated rings. The molecule has 0 radical (unpaired) electrons. The van der Waals surface area contributed by atoms with Gasteiger partial charge in [-0.15, -0.1) is 0 Å². The average Bonchev–Trinajstić information content (AvgIpc) is 2.40. The van der Waals surface area contributed by atoms with Crippen molar-refractivity contribution in [2.75, 3.05) is 38.5 Å². The van der Waals surface area contributed by atoms with Crippen LogP contribution in [0.2, 0.25) is 0 Å². The average molecular weight is 293 g/mol. The first-order valence-electron chi connectivity index (χ1n) is 7.09. The second kappa shape index (κ2) is 5.91. The Morgan fingerprint density at radius 2 is 1.90 bits per heavy atom. The first kappa shape index (κ1) is 15.6. The molecule has 0 spiro atoms. The molecule has 0 saturated carbocycles. The number of phenolic OH excluding ortho intramolecular Hbond substituents is 1. The van der Waals surface area contributed by atoms with Gasteiger partial charge in [-0.25, -0.2) is 0 Å². The molecular weight excluding hydrogens is 270 g/mol. The summed E-state index contributed by atoms with van der Waals surface area (Å²) in [6.45, 7) is 6.69. The molecule has 1 saturated heterocycles. The minimum Gasteiger partial charge on any atom is -0.505 e. The predicted molar refractivity (Wildman–Crippen MR) is 81.2 cm³/mol. The van der Waals surface area contributed by atoms with E-state index in [4.69, 9.17) is 5.73 Å². The summed E-state index contributed by atoms with van der Waals surface area (Å²) < 4.78 is 0. The highest BCUT2D eigenvalue weighted by atomic mass is 16.3. The summed E-state index contributed by atoms with van der Waals surface area (Å²) in [5.74, 6) is -0.357. The molecule has 1 heterocycles. The van der Waals surface area contributed by atoms with E-state index < -0.39 is 5.60 Å². The zero-order valence-electron chi connectivity index (χ0n) is 12.5. The number of β-amino-alcohol motifs (C(OH)–C–C–N with tert-alkyl or cyclic N) is 1. The highest BCUT2D eigenvalue weighted by molar-refractivity contribution is 5.98. The number of nitrogen functional groups attached to an aromatic ring is 1. The Morgan fingerprint density at radius 1 is 1.29 bits per heavy atom. The van der Waals surface area contributed by atoms with Crippen molar-refractivity contribution in [3.8, 4) is 5.75 Å². The Kier molecular flexibility index (Phi) is 4.39. The van der Waals surface area contributed by atoms with Crippen molar-refractivity contribution in [1.82, 2.24) is 9.80 Å². The predicted octanol–water partition coefficient (Wildman–Crippen LogP) is 0.503. The van der Waals surface area contributed by atoms with Crippen molar-refractivity contribution in [1.29, 1.82) is 0 Å². The molecule has 0 aliphatic carbocycles. The SMILES string of the molecule is CC(C)(O)CN1CCN(C(=O)c2cccc(N)c2O)CC1. The van der Waals surface area contributed by atoms with Crippen LogP contribution in [0.1, 0.15) is 24.2 Å². The number of piperazine rings is 1. The van der Waals surface area contributed by atoms with E-state index >= 15 is 0 Å². The number of phenols is 1. The third-order valence-electron chi connectivity index (χ3n) is 3.57. The fourth-order valence-electron chi connectivity index (χ4n) is 2.56. The van der Waals surface area contributed by atoms with E-state index in [1.165, 1.54) is 0 Å². The van der Waals surface area contributed by atoms with Crippen molar-refractivity contribution in [3.63, 3.8) is 0 Å². The van der Waals surface area contributed by atoms with Crippen molar-refractivity contribution in [2.45, 2.75) is 19.4 Å². The van der Waals surface area contributed by atoms with Crippen molar-refractivity contribution >= 4 is 11.6 Å². The lowest BCUT2D eigenvalue weighted by Crippen LogP contribution is -2.52. The highest BCUT2D eigenvalue weighted by Crippen LogP contribution is 2.26. The van der Waals surface area contributed by atoms with Gasteiger partial charge in [0, 0.05) is 32.7 Å². The minimum atomic E-state index is -0.738. The summed E-state index contributed by atoms with van der Waals surface area (Å²) in [4.78, 5) is 16.2. The molecule has 4 N–H and O–H groups in total. The molecule has 2 rings (SSSR count). The highest BCUT2D eigenvalue weighted by Gasteiger charge is 2.26. The topological polar surface area (TPSA) is 90.0 Å². The Hall–Kier alpha value is -1.79. The molecule has 0 aromatic heterocycles. The van der Waals surface area contributed by atoms with Crippen LogP contribution in [0.5, 0.6) is 5.75 Å². The summed E-state index contributed by atoms with van der Waals surface area (Å²) in [7, 11) is 0. The number of benzene rings is 1. The van der Waals surface area contributed by atoms with Crippen LogP contribution in [-0.4, -0.2) is 64.2 Å². The van der Waals surface area contributed by atoms with Gasteiger partial charge in [0.05, 0.1) is 16.9 Å². The number of hydrogen-bond acceptors (Lipinski definition) is 5. The molecule has 1 aromatic carbocycles. The van der Waals surface area contributed by atoms with Gasteiger partial charge in [0.25, 0.3) is 5.91 Å². The van der Waals surface area contributed by atoms with Gasteiger partial charge in [-0.1, -0.05) is 6.07 Å². The quantitative estimate of drug-likeness (QED) is 0.558. The van der Waals surface area contributed by atoms with Gasteiger partial charge >= 0.3 is 0 Å². The van der Waals surface area contributed by atoms with Crippen LogP contribution in [-0.2, 0) is 0 Å². The summed E-state index contributed by atoms with van der Waals surface area (Å²) in [6, 6.07) is 4.80. The van der Waals surface area contributed by atoms with Crippen LogP contribution in [0.4, 0.5) is 5.69 Å². The second-order valence-corrected chi connectivity index (χ2v) is 6.12. The smallest absolute Gasteiger partial charge is 0.257 e. The monoisotopic (exact) mass is 293 g/mol. The zero-order chi connectivity index (χ0) is 15.6. The standard InChI is InChI=1S/C15H23N3O3/c1-15(2,21)10-17-6-8-18(9-7-17)14(20)11-4-3-5-12(16)13(11)19/h3-5,19,21H,6-10,16H2,1-2H3. The summed E-state index contributed by atoms with van der Waals surface area (Å²) >= 11 is 0. The Balaban J connectivity index is 1.99. The lowest BCUT2D eigenvalue weighted by molar-refractivity contribution is 0.0178. The third-order valence-corrected chi connectivity index (χ3v) is 3.57. The molecule has 0 atom stereocenters. The molecule has 0 unspecified atom stereocenters. The largest absolute Gasteiger partial charge is 0.505 e. The maximum atomic E-state index is 12.4. The Bertz CT molecular complexity index is 517. The summed E-state index contributed by atoms with van der Waals surface area (Å²) in [6.07, 6.45) is 0. The first-order chi connectivity index (χ1) is 9.78. The van der Waals surface area contributed by atoms with Gasteiger partial charge in [0.1, 0.15) is 0 Å². The number of rotatable bonds is 3. The molecule has 1 amide bonds. The Morgan fingerprint density at radius 3 is 2.48 bits per heavy atom. The zero-order valence-corrected chi connectivity index (χ0v) is 12.5. The fourth-order valence-corrected chi connectivity index (χ4v) is 2.56. The van der Waals surface area contributed by atoms with Crippen LogP contribution in [0, 0.1) is 0 Å². The number of aliphatic hydroxyl groups is 1. The number of hydrogen-bond donors (Lipinski definition) is 3. The Labute approximate surface area is 124 Å². The number of aromatic hydroxyl groups is 1. The molecule has 1 aliphatic heterocycles. The molecule has 6 nitrogen and oxygen atoms in total. The second-order valence-electron chi connectivity index (χ2n) is 6.12. The number of nitrogens with zero attached hydrogens (tertiary/aromatic N) is 2. The van der Waals surface area contributed by atoms with E-state index in [0.717, 1.165) is 0 Å². The van der Waals surface area contributed by atoms with E-state index in [0.29, 0.717) is 32.7 Å². The molecular formula is C15H23N3O3. The van der Waals surface area contributed by atoms with Gasteiger partial charge in [-0.05, 0) is 26.0 Å². The van der Waals surface area contributed by atoms with Crippen molar-refractivity contribution in [3.05, 3.63) is 23.8 Å². The lowest BCUT2D eigenvalue weighted by atomic mass is 10.1. The summed E-state index contributed by atoms with van der Waals surface area (Å²) in [5.41, 5.74) is 5.34. The van der Waals surface area contributed by atoms with Gasteiger partial charge in [-0.3, -0.25) is 9.69 Å². The van der Waals surface area contributed by atoms with Gasteiger partial charge in [0.2, 0.25) is 0 Å². The third kappa shape index (κ3) is 3.86. The number of anilines is 1. The van der Waals surface area contributed by atoms with Crippen LogP contribution < -0.4 is 5.73 Å². The van der Waals surface area contributed by atoms with E-state index in [2.05, 4.69) is 4.90 Å². The van der Waals surface area contributed by atoms with Crippen LogP contribution >= 0.6 is 0 Å². The lowest BCUT2D eigenvalue weighted by Gasteiger charge is -2.37. The van der Waals surface area contributed by atoms with Crippen LogP contribution in [0.3, 0.4) is 0 Å². The number of para-hydroxylation sites is 1. The van der Waals surface area contributed by atoms with E-state index in [1.54, 1.807) is 36.9 Å². The maximum Gasteiger partial charge on any atom is 0.257 e. The van der Waals surface area contributed by atoms with Crippen LogP contribution in [0.25, 0.3) is 0 Å². The molecule has 6 heteroatoms. The molecule has 116 valence electrons. The van der Waals surface area contributed by atoms with Crippen molar-refractivity contribution < 1.29 is 15.0 Å². The van der Waals surface area contributed by atoms with Crippen molar-refractivity contribution in [2.24, 2.45) is 0 Å².